The van der Waals surface area contributed by atoms with E-state index in [4.69, 9.17) is 9.84 Å². The summed E-state index contributed by atoms with van der Waals surface area (Å²) in [4.78, 5) is 22.2. The van der Waals surface area contributed by atoms with Crippen molar-refractivity contribution in [2.45, 2.75) is 31.9 Å². The molecule has 7 nitrogen and oxygen atoms in total. The topological polar surface area (TPSA) is 108 Å². The lowest BCUT2D eigenvalue weighted by molar-refractivity contribution is -0.141. The van der Waals surface area contributed by atoms with Crippen LogP contribution < -0.4 is 10.6 Å². The Morgan fingerprint density at radius 2 is 2.00 bits per heavy atom. The Balaban J connectivity index is 2.29. The summed E-state index contributed by atoms with van der Waals surface area (Å²) in [5.74, 6) is -0.898. The predicted octanol–water partition coefficient (Wildman–Crippen LogP) is -0.454. The van der Waals surface area contributed by atoms with Gasteiger partial charge in [0.2, 0.25) is 0 Å². The molecule has 1 saturated heterocycles. The van der Waals surface area contributed by atoms with Gasteiger partial charge < -0.3 is 25.6 Å². The normalized spacial score (nSPS) is 19.9. The lowest BCUT2D eigenvalue weighted by Crippen LogP contribution is -2.51. The SMILES string of the molecule is C[C@@H](O)[C@H](NC(=O)NCC1CCOCC1)C(=O)O. The first-order valence-corrected chi connectivity index (χ1v) is 6.03. The molecule has 0 saturated carbocycles. The fourth-order valence-corrected chi connectivity index (χ4v) is 1.77. The number of aliphatic hydroxyl groups excluding tert-OH is 1. The van der Waals surface area contributed by atoms with Crippen LogP contribution in [-0.4, -0.2) is 54.1 Å². The summed E-state index contributed by atoms with van der Waals surface area (Å²) in [5.41, 5.74) is 0. The van der Waals surface area contributed by atoms with Crippen molar-refractivity contribution in [1.82, 2.24) is 10.6 Å². The summed E-state index contributed by atoms with van der Waals surface area (Å²) in [6.45, 7) is 3.19. The highest BCUT2D eigenvalue weighted by atomic mass is 16.5. The van der Waals surface area contributed by atoms with E-state index in [1.165, 1.54) is 6.92 Å². The second-order valence-corrected chi connectivity index (χ2v) is 4.47. The third-order valence-electron chi connectivity index (χ3n) is 2.93. The number of carbonyl (C=O) groups is 2. The molecular weight excluding hydrogens is 240 g/mol. The molecule has 1 rings (SSSR count). The Morgan fingerprint density at radius 3 is 2.50 bits per heavy atom. The molecular formula is C11H20N2O5. The summed E-state index contributed by atoms with van der Waals surface area (Å²) in [7, 11) is 0. The maximum atomic E-state index is 11.5. The van der Waals surface area contributed by atoms with Crippen LogP contribution in [0.15, 0.2) is 0 Å². The highest BCUT2D eigenvalue weighted by molar-refractivity contribution is 5.82. The van der Waals surface area contributed by atoms with Crippen LogP contribution in [0.3, 0.4) is 0 Å². The molecule has 104 valence electrons. The lowest BCUT2D eigenvalue weighted by Gasteiger charge is -2.23. The van der Waals surface area contributed by atoms with Crippen LogP contribution >= 0.6 is 0 Å². The number of amides is 2. The number of rotatable bonds is 5. The van der Waals surface area contributed by atoms with Gasteiger partial charge in [0.1, 0.15) is 0 Å². The van der Waals surface area contributed by atoms with Crippen LogP contribution in [0.2, 0.25) is 0 Å². The van der Waals surface area contributed by atoms with E-state index in [9.17, 15) is 14.7 Å². The summed E-state index contributed by atoms with van der Waals surface area (Å²) in [6.07, 6.45) is 0.634. The van der Waals surface area contributed by atoms with Crippen LogP contribution in [0.25, 0.3) is 0 Å². The number of aliphatic hydroxyl groups is 1. The first kappa shape index (κ1) is 14.7. The van der Waals surface area contributed by atoms with Gasteiger partial charge in [-0.3, -0.25) is 0 Å². The van der Waals surface area contributed by atoms with Crippen molar-refractivity contribution in [3.63, 3.8) is 0 Å². The van der Waals surface area contributed by atoms with Gasteiger partial charge in [0.25, 0.3) is 0 Å². The fourth-order valence-electron chi connectivity index (χ4n) is 1.77. The van der Waals surface area contributed by atoms with E-state index in [1.54, 1.807) is 0 Å². The first-order valence-electron chi connectivity index (χ1n) is 6.03. The molecule has 0 spiro atoms. The quantitative estimate of drug-likeness (QED) is 0.535. The smallest absolute Gasteiger partial charge is 0.328 e. The molecule has 0 unspecified atom stereocenters. The van der Waals surface area contributed by atoms with Crippen molar-refractivity contribution in [2.75, 3.05) is 19.8 Å². The monoisotopic (exact) mass is 260 g/mol. The van der Waals surface area contributed by atoms with Crippen molar-refractivity contribution in [3.8, 4) is 0 Å². The molecule has 4 N–H and O–H groups in total. The molecule has 1 fully saturated rings. The number of hydrogen-bond donors (Lipinski definition) is 4. The number of ether oxygens (including phenoxy) is 1. The third-order valence-corrected chi connectivity index (χ3v) is 2.93. The van der Waals surface area contributed by atoms with Crippen LogP contribution in [0.1, 0.15) is 19.8 Å². The molecule has 0 bridgehead atoms. The van der Waals surface area contributed by atoms with Crippen LogP contribution in [0.5, 0.6) is 0 Å². The maximum absolute atomic E-state index is 11.5. The van der Waals surface area contributed by atoms with Crippen molar-refractivity contribution in [1.29, 1.82) is 0 Å². The van der Waals surface area contributed by atoms with Gasteiger partial charge in [-0.25, -0.2) is 9.59 Å². The molecule has 1 aliphatic heterocycles. The van der Waals surface area contributed by atoms with Gasteiger partial charge in [0, 0.05) is 19.8 Å². The average Bonchev–Trinajstić information content (AvgIpc) is 2.34. The Bertz CT molecular complexity index is 289. The molecule has 1 heterocycles. The number of carboxylic acids is 1. The number of urea groups is 1. The number of nitrogens with one attached hydrogen (secondary N) is 2. The van der Waals surface area contributed by atoms with E-state index in [2.05, 4.69) is 10.6 Å². The van der Waals surface area contributed by atoms with Gasteiger partial charge in [-0.15, -0.1) is 0 Å². The molecule has 2 amide bonds. The van der Waals surface area contributed by atoms with Gasteiger partial charge in [-0.05, 0) is 25.7 Å². The average molecular weight is 260 g/mol. The van der Waals surface area contributed by atoms with Gasteiger partial charge in [0.05, 0.1) is 6.10 Å². The zero-order valence-electron chi connectivity index (χ0n) is 10.4. The Hall–Kier alpha value is -1.34. The van der Waals surface area contributed by atoms with Crippen molar-refractivity contribution in [2.24, 2.45) is 5.92 Å². The van der Waals surface area contributed by atoms with E-state index < -0.39 is 24.1 Å². The van der Waals surface area contributed by atoms with Crippen LogP contribution in [0.4, 0.5) is 4.79 Å². The second-order valence-electron chi connectivity index (χ2n) is 4.47. The lowest BCUT2D eigenvalue weighted by atomic mass is 10.0. The van der Waals surface area contributed by atoms with Gasteiger partial charge in [-0.1, -0.05) is 0 Å². The molecule has 18 heavy (non-hydrogen) atoms. The third kappa shape index (κ3) is 4.89. The van der Waals surface area contributed by atoms with Gasteiger partial charge in [-0.2, -0.15) is 0 Å². The molecule has 0 radical (unpaired) electrons. The highest BCUT2D eigenvalue weighted by Crippen LogP contribution is 2.12. The zero-order chi connectivity index (χ0) is 13.5. The molecule has 0 aromatic rings. The number of carbonyl (C=O) groups excluding carboxylic acids is 1. The Labute approximate surface area is 106 Å². The van der Waals surface area contributed by atoms with E-state index in [0.717, 1.165) is 12.8 Å². The maximum Gasteiger partial charge on any atom is 0.328 e. The minimum atomic E-state index is -1.29. The summed E-state index contributed by atoms with van der Waals surface area (Å²) < 4.78 is 5.19. The molecule has 1 aliphatic rings. The number of carboxylic acid groups (broad SMARTS) is 1. The first-order chi connectivity index (χ1) is 8.50. The number of aliphatic carboxylic acids is 1. The molecule has 0 aromatic carbocycles. The highest BCUT2D eigenvalue weighted by Gasteiger charge is 2.25. The van der Waals surface area contributed by atoms with E-state index in [1.807, 2.05) is 0 Å². The van der Waals surface area contributed by atoms with Crippen molar-refractivity contribution in [3.05, 3.63) is 0 Å². The molecule has 2 atom stereocenters. The second kappa shape index (κ2) is 7.17. The zero-order valence-corrected chi connectivity index (χ0v) is 10.4. The fraction of sp³-hybridized carbons (Fsp3) is 0.818. The van der Waals surface area contributed by atoms with Crippen molar-refractivity contribution >= 4 is 12.0 Å². The van der Waals surface area contributed by atoms with Gasteiger partial charge in [0.15, 0.2) is 6.04 Å². The van der Waals surface area contributed by atoms with Crippen LogP contribution in [-0.2, 0) is 9.53 Å². The minimum Gasteiger partial charge on any atom is -0.480 e. The van der Waals surface area contributed by atoms with Crippen molar-refractivity contribution < 1.29 is 24.5 Å². The van der Waals surface area contributed by atoms with E-state index in [-0.39, 0.29) is 0 Å². The van der Waals surface area contributed by atoms with Crippen LogP contribution in [0, 0.1) is 5.92 Å². The summed E-state index contributed by atoms with van der Waals surface area (Å²) in [5, 5.41) is 22.8. The summed E-state index contributed by atoms with van der Waals surface area (Å²) in [6, 6.07) is -1.87. The standard InChI is InChI=1S/C11H20N2O5/c1-7(14)9(10(15)16)13-11(17)12-6-8-2-4-18-5-3-8/h7-9,14H,2-6H2,1H3,(H,15,16)(H2,12,13,17)/t7-,9+/m1/s1. The van der Waals surface area contributed by atoms with Gasteiger partial charge >= 0.3 is 12.0 Å². The van der Waals surface area contributed by atoms with E-state index in [0.29, 0.717) is 25.7 Å². The largest absolute Gasteiger partial charge is 0.480 e. The predicted molar refractivity (Wildman–Crippen MR) is 63.2 cm³/mol. The molecule has 7 heteroatoms. The molecule has 0 aliphatic carbocycles. The Kier molecular flexibility index (Phi) is 5.87. The molecule has 0 aromatic heterocycles. The minimum absolute atomic E-state index is 0.360. The Morgan fingerprint density at radius 1 is 1.39 bits per heavy atom. The van der Waals surface area contributed by atoms with E-state index >= 15 is 0 Å². The summed E-state index contributed by atoms with van der Waals surface area (Å²) >= 11 is 0. The number of hydrogen-bond acceptors (Lipinski definition) is 4.